The predicted octanol–water partition coefficient (Wildman–Crippen LogP) is 0.313. The Balaban J connectivity index is 2.91. The Kier molecular flexibility index (Phi) is 3.79. The lowest BCUT2D eigenvalue weighted by Gasteiger charge is -2.35. The maximum Gasteiger partial charge on any atom is 0.153 e. The summed E-state index contributed by atoms with van der Waals surface area (Å²) in [6.45, 7) is 4.54. The molecule has 0 aromatic carbocycles. The van der Waals surface area contributed by atoms with Gasteiger partial charge in [0.05, 0.1) is 10.9 Å². The molecule has 0 bridgehead atoms. The van der Waals surface area contributed by atoms with E-state index in [9.17, 15) is 13.5 Å². The Labute approximate surface area is 92.0 Å². The molecule has 1 aliphatic rings. The van der Waals surface area contributed by atoms with Crippen LogP contribution in [0.4, 0.5) is 0 Å². The highest BCUT2D eigenvalue weighted by atomic mass is 32.2. The van der Waals surface area contributed by atoms with E-state index in [1.807, 2.05) is 13.8 Å². The summed E-state index contributed by atoms with van der Waals surface area (Å²) in [7, 11) is -3.16. The maximum absolute atomic E-state index is 11.6. The molecule has 0 aromatic rings. The zero-order valence-electron chi connectivity index (χ0n) is 9.66. The van der Waals surface area contributed by atoms with Crippen LogP contribution in [0.25, 0.3) is 0 Å². The topological polar surface area (TPSA) is 66.4 Å². The Morgan fingerprint density at radius 1 is 1.60 bits per heavy atom. The van der Waals surface area contributed by atoms with Gasteiger partial charge >= 0.3 is 0 Å². The normalized spacial score (nSPS) is 34.3. The number of hydrogen-bond donors (Lipinski definition) is 2. The van der Waals surface area contributed by atoms with Crippen molar-refractivity contribution in [2.75, 3.05) is 12.8 Å². The van der Waals surface area contributed by atoms with Gasteiger partial charge in [0.1, 0.15) is 0 Å². The van der Waals surface area contributed by atoms with Crippen LogP contribution < -0.4 is 5.32 Å². The van der Waals surface area contributed by atoms with Crippen LogP contribution in [0.2, 0.25) is 0 Å². The van der Waals surface area contributed by atoms with E-state index in [0.29, 0.717) is 12.8 Å². The first-order chi connectivity index (χ1) is 6.82. The second kappa shape index (κ2) is 4.39. The van der Waals surface area contributed by atoms with Crippen LogP contribution in [-0.2, 0) is 9.84 Å². The molecule has 0 saturated heterocycles. The second-order valence-electron chi connectivity index (χ2n) is 4.48. The van der Waals surface area contributed by atoms with Crippen LogP contribution in [0.3, 0.4) is 0 Å². The average molecular weight is 235 g/mol. The minimum Gasteiger partial charge on any atom is -0.387 e. The van der Waals surface area contributed by atoms with Gasteiger partial charge in [0.2, 0.25) is 0 Å². The van der Waals surface area contributed by atoms with Crippen molar-refractivity contribution in [3.8, 4) is 0 Å². The first-order valence-corrected chi connectivity index (χ1v) is 7.42. The molecule has 90 valence electrons. The van der Waals surface area contributed by atoms with Crippen molar-refractivity contribution in [2.24, 2.45) is 0 Å². The minimum atomic E-state index is -3.16. The smallest absolute Gasteiger partial charge is 0.153 e. The molecule has 0 radical (unpaired) electrons. The van der Waals surface area contributed by atoms with Gasteiger partial charge in [0.25, 0.3) is 0 Å². The Morgan fingerprint density at radius 3 is 2.67 bits per heavy atom. The van der Waals surface area contributed by atoms with E-state index in [4.69, 9.17) is 0 Å². The molecule has 1 aliphatic carbocycles. The van der Waals surface area contributed by atoms with Gasteiger partial charge in [-0.2, -0.15) is 0 Å². The third kappa shape index (κ3) is 2.52. The Bertz CT molecular complexity index is 315. The summed E-state index contributed by atoms with van der Waals surface area (Å²) in [4.78, 5) is 0. The molecule has 15 heavy (non-hydrogen) atoms. The lowest BCUT2D eigenvalue weighted by atomic mass is 9.93. The molecule has 0 aromatic heterocycles. The maximum atomic E-state index is 11.6. The highest BCUT2D eigenvalue weighted by Gasteiger charge is 2.49. The van der Waals surface area contributed by atoms with Crippen LogP contribution in [-0.4, -0.2) is 43.2 Å². The van der Waals surface area contributed by atoms with E-state index >= 15 is 0 Å². The number of nitrogens with one attached hydrogen (secondary N) is 1. The number of sulfone groups is 1. The molecule has 0 amide bonds. The molecule has 2 N–H and O–H groups in total. The standard InChI is InChI=1S/C10H21NO3S/c1-4-11-8(2)10(12)7-5-6-9(10)15(3,13)14/h8-9,11-12H,4-7H2,1-3H3. The lowest BCUT2D eigenvalue weighted by Crippen LogP contribution is -2.55. The van der Waals surface area contributed by atoms with Crippen LogP contribution in [0.1, 0.15) is 33.1 Å². The van der Waals surface area contributed by atoms with Gasteiger partial charge < -0.3 is 10.4 Å². The third-order valence-corrected chi connectivity index (χ3v) is 5.06. The van der Waals surface area contributed by atoms with Gasteiger partial charge in [-0.1, -0.05) is 6.92 Å². The molecule has 1 saturated carbocycles. The molecule has 0 heterocycles. The first-order valence-electron chi connectivity index (χ1n) is 5.47. The predicted molar refractivity (Wildman–Crippen MR) is 60.6 cm³/mol. The summed E-state index contributed by atoms with van der Waals surface area (Å²) in [5, 5.41) is 12.9. The molecule has 4 nitrogen and oxygen atoms in total. The van der Waals surface area contributed by atoms with Gasteiger partial charge in [-0.05, 0) is 32.7 Å². The first kappa shape index (κ1) is 12.9. The van der Waals surface area contributed by atoms with Crippen molar-refractivity contribution >= 4 is 9.84 Å². The fourth-order valence-electron chi connectivity index (χ4n) is 2.54. The third-order valence-electron chi connectivity index (χ3n) is 3.38. The molecule has 3 unspecified atom stereocenters. The van der Waals surface area contributed by atoms with Crippen LogP contribution in [0, 0.1) is 0 Å². The largest absolute Gasteiger partial charge is 0.387 e. The second-order valence-corrected chi connectivity index (χ2v) is 6.71. The van der Waals surface area contributed by atoms with Crippen molar-refractivity contribution in [3.05, 3.63) is 0 Å². The molecule has 1 fully saturated rings. The summed E-state index contributed by atoms with van der Waals surface area (Å²) in [5.74, 6) is 0. The van der Waals surface area contributed by atoms with Gasteiger partial charge in [-0.15, -0.1) is 0 Å². The van der Waals surface area contributed by atoms with Gasteiger partial charge in [-0.25, -0.2) is 8.42 Å². The van der Waals surface area contributed by atoms with Crippen LogP contribution >= 0.6 is 0 Å². The van der Waals surface area contributed by atoms with Gasteiger partial charge in [0.15, 0.2) is 9.84 Å². The number of rotatable bonds is 4. The highest BCUT2D eigenvalue weighted by Crippen LogP contribution is 2.37. The summed E-state index contributed by atoms with van der Waals surface area (Å²) in [6.07, 6.45) is 3.14. The number of likely N-dealkylation sites (N-methyl/N-ethyl adjacent to an activating group) is 1. The van der Waals surface area contributed by atoms with E-state index in [1.54, 1.807) is 0 Å². The number of aliphatic hydroxyl groups is 1. The van der Waals surface area contributed by atoms with Crippen molar-refractivity contribution in [1.29, 1.82) is 0 Å². The monoisotopic (exact) mass is 235 g/mol. The zero-order chi connectivity index (χ0) is 11.7. The molecule has 5 heteroatoms. The van der Waals surface area contributed by atoms with Crippen LogP contribution in [0.15, 0.2) is 0 Å². The summed E-state index contributed by atoms with van der Waals surface area (Å²) in [6, 6.07) is -0.176. The minimum absolute atomic E-state index is 0.176. The summed E-state index contributed by atoms with van der Waals surface area (Å²) in [5.41, 5.74) is -1.09. The Morgan fingerprint density at radius 2 is 2.20 bits per heavy atom. The summed E-state index contributed by atoms with van der Waals surface area (Å²) >= 11 is 0. The van der Waals surface area contributed by atoms with Gasteiger partial charge in [-0.3, -0.25) is 0 Å². The molecule has 0 spiro atoms. The average Bonchev–Trinajstić information content (AvgIpc) is 2.48. The zero-order valence-corrected chi connectivity index (χ0v) is 10.5. The van der Waals surface area contributed by atoms with Crippen molar-refractivity contribution in [2.45, 2.75) is 50.0 Å². The fourth-order valence-corrected chi connectivity index (χ4v) is 4.20. The summed E-state index contributed by atoms with van der Waals surface area (Å²) < 4.78 is 23.1. The SMILES string of the molecule is CCNC(C)C1(O)CCCC1S(C)(=O)=O. The fraction of sp³-hybridized carbons (Fsp3) is 1.00. The Hall–Kier alpha value is -0.130. The van der Waals surface area contributed by atoms with E-state index in [2.05, 4.69) is 5.32 Å². The van der Waals surface area contributed by atoms with Gasteiger partial charge in [0, 0.05) is 12.3 Å². The van der Waals surface area contributed by atoms with Crippen molar-refractivity contribution in [1.82, 2.24) is 5.32 Å². The van der Waals surface area contributed by atoms with Crippen LogP contribution in [0.5, 0.6) is 0 Å². The van der Waals surface area contributed by atoms with Crippen molar-refractivity contribution < 1.29 is 13.5 Å². The molecular weight excluding hydrogens is 214 g/mol. The molecule has 3 atom stereocenters. The van der Waals surface area contributed by atoms with E-state index < -0.39 is 20.7 Å². The highest BCUT2D eigenvalue weighted by molar-refractivity contribution is 7.91. The van der Waals surface area contributed by atoms with Crippen molar-refractivity contribution in [3.63, 3.8) is 0 Å². The lowest BCUT2D eigenvalue weighted by molar-refractivity contribution is 0.0177. The van der Waals surface area contributed by atoms with E-state index in [-0.39, 0.29) is 6.04 Å². The van der Waals surface area contributed by atoms with E-state index in [0.717, 1.165) is 13.0 Å². The quantitative estimate of drug-likeness (QED) is 0.736. The number of hydrogen-bond acceptors (Lipinski definition) is 4. The van der Waals surface area contributed by atoms with E-state index in [1.165, 1.54) is 6.26 Å². The molecular formula is C10H21NO3S. The molecule has 1 rings (SSSR count). The molecule has 0 aliphatic heterocycles.